The van der Waals surface area contributed by atoms with E-state index in [1.807, 2.05) is 0 Å². The van der Waals surface area contributed by atoms with Crippen molar-refractivity contribution in [1.82, 2.24) is 0 Å². The predicted octanol–water partition coefficient (Wildman–Crippen LogP) is 1.82. The molecule has 0 aromatic heterocycles. The number of halogens is 2. The molecule has 0 aromatic carbocycles. The van der Waals surface area contributed by atoms with Crippen molar-refractivity contribution in [3.63, 3.8) is 0 Å². The summed E-state index contributed by atoms with van der Waals surface area (Å²) in [5, 5.41) is 0. The highest BCUT2D eigenvalue weighted by molar-refractivity contribution is 9.11. The summed E-state index contributed by atoms with van der Waals surface area (Å²) in [6, 6.07) is 0. The van der Waals surface area contributed by atoms with Gasteiger partial charge in [0.05, 0.1) is 6.33 Å². The summed E-state index contributed by atoms with van der Waals surface area (Å²) in [6.45, 7) is 0. The van der Waals surface area contributed by atoms with Crippen LogP contribution in [-0.4, -0.2) is 0 Å². The minimum atomic E-state index is 0.417. The van der Waals surface area contributed by atoms with Crippen molar-refractivity contribution in [2.24, 2.45) is 0 Å². The van der Waals surface area contributed by atoms with Gasteiger partial charge in [0.1, 0.15) is 0 Å². The smallest absolute Gasteiger partial charge is 0.0936 e. The third-order valence-electron chi connectivity index (χ3n) is 0.0476. The molecule has 0 N–H and O–H groups in total. The van der Waals surface area contributed by atoms with Crippen LogP contribution in [0.25, 0.3) is 0 Å². The molecule has 0 aliphatic heterocycles. The van der Waals surface area contributed by atoms with E-state index in [9.17, 15) is 4.39 Å². The molecule has 0 aliphatic carbocycles. The van der Waals surface area contributed by atoms with Crippen LogP contribution in [-0.2, 0) is 0 Å². The van der Waals surface area contributed by atoms with E-state index in [-0.39, 0.29) is 0 Å². The molecule has 4 heavy (non-hydrogen) atoms. The summed E-state index contributed by atoms with van der Waals surface area (Å²) in [5.41, 5.74) is 0. The lowest BCUT2D eigenvalue weighted by atomic mass is 11.2. The fraction of sp³-hybridized carbons (Fsp3) is 0. The van der Waals surface area contributed by atoms with Crippen LogP contribution in [0.4, 0.5) is 4.39 Å². The number of hydrogen-bond acceptors (Lipinski definition) is 0. The van der Waals surface area contributed by atoms with Crippen molar-refractivity contribution in [1.29, 1.82) is 0 Å². The Hall–Kier alpha value is 0.150. The SMILES string of the molecule is F/C=C/Br. The molecule has 2 heteroatoms. The Morgan fingerprint density at radius 1 is 1.75 bits per heavy atom. The molecule has 0 aliphatic rings. The van der Waals surface area contributed by atoms with Gasteiger partial charge in [-0.25, -0.2) is 4.39 Å². The van der Waals surface area contributed by atoms with Gasteiger partial charge in [-0.2, -0.15) is 0 Å². The van der Waals surface area contributed by atoms with Crippen LogP contribution in [0.2, 0.25) is 0 Å². The first-order valence-corrected chi connectivity index (χ1v) is 1.69. The average Bonchev–Trinajstić information content (AvgIpc) is 1.37. The normalized spacial score (nSPS) is 9.50. The molecule has 0 unspecified atom stereocenters. The minimum absolute atomic E-state index is 0.417. The first-order valence-electron chi connectivity index (χ1n) is 0.770. The van der Waals surface area contributed by atoms with E-state index in [0.717, 1.165) is 4.99 Å². The topological polar surface area (TPSA) is 0 Å². The highest BCUT2D eigenvalue weighted by Gasteiger charge is 1.41. The number of hydrogen-bond donors (Lipinski definition) is 0. The first-order chi connectivity index (χ1) is 1.91. The largest absolute Gasteiger partial charge is 0.215 e. The molecule has 0 nitrogen and oxygen atoms in total. The molecule has 0 saturated heterocycles. The van der Waals surface area contributed by atoms with Gasteiger partial charge in [0.25, 0.3) is 0 Å². The van der Waals surface area contributed by atoms with Gasteiger partial charge in [-0.1, -0.05) is 15.9 Å². The quantitative estimate of drug-likeness (QED) is 0.463. The second kappa shape index (κ2) is 3.15. The summed E-state index contributed by atoms with van der Waals surface area (Å²) in [7, 11) is 0. The zero-order valence-electron chi connectivity index (χ0n) is 1.91. The van der Waals surface area contributed by atoms with Gasteiger partial charge < -0.3 is 0 Å². The fourth-order valence-corrected chi connectivity index (χ4v) is 0. The molecule has 24 valence electrons. The highest BCUT2D eigenvalue weighted by Crippen LogP contribution is 1.78. The third-order valence-corrected chi connectivity index (χ3v) is 0.247. The van der Waals surface area contributed by atoms with Gasteiger partial charge in [-0.05, 0) is 0 Å². The Balaban J connectivity index is 2.55. The minimum Gasteiger partial charge on any atom is -0.215 e. The monoisotopic (exact) mass is 124 g/mol. The molecule has 0 saturated carbocycles. The van der Waals surface area contributed by atoms with E-state index in [1.165, 1.54) is 0 Å². The molecule has 0 spiro atoms. The van der Waals surface area contributed by atoms with Crippen LogP contribution < -0.4 is 0 Å². The first kappa shape index (κ1) is 4.15. The molecular weight excluding hydrogens is 123 g/mol. The zero-order chi connectivity index (χ0) is 3.41. The van der Waals surface area contributed by atoms with E-state index in [0.29, 0.717) is 6.33 Å². The van der Waals surface area contributed by atoms with Gasteiger partial charge in [0.2, 0.25) is 0 Å². The van der Waals surface area contributed by atoms with Gasteiger partial charge in [-0.3, -0.25) is 0 Å². The summed E-state index contributed by atoms with van der Waals surface area (Å²) in [4.78, 5) is 1.15. The van der Waals surface area contributed by atoms with Gasteiger partial charge in [-0.15, -0.1) is 0 Å². The van der Waals surface area contributed by atoms with Crippen molar-refractivity contribution in [2.45, 2.75) is 0 Å². The lowest BCUT2D eigenvalue weighted by molar-refractivity contribution is 0.724. The van der Waals surface area contributed by atoms with E-state index < -0.39 is 0 Å². The second-order valence-corrected chi connectivity index (χ2v) is 0.781. The summed E-state index contributed by atoms with van der Waals surface area (Å²) >= 11 is 2.69. The van der Waals surface area contributed by atoms with Crippen LogP contribution in [0, 0.1) is 0 Å². The second-order valence-electron chi connectivity index (χ2n) is 0.252. The lowest BCUT2D eigenvalue weighted by Crippen LogP contribution is -1.13. The maximum Gasteiger partial charge on any atom is 0.0936 e. The fourth-order valence-electron chi connectivity index (χ4n) is 0. The predicted molar refractivity (Wildman–Crippen MR) is 19.2 cm³/mol. The maximum absolute atomic E-state index is 10.5. The van der Waals surface area contributed by atoms with Crippen LogP contribution in [0.5, 0.6) is 0 Å². The van der Waals surface area contributed by atoms with Crippen molar-refractivity contribution in [3.8, 4) is 0 Å². The van der Waals surface area contributed by atoms with Crippen LogP contribution in [0.3, 0.4) is 0 Å². The Bertz CT molecular complexity index is 21.2. The van der Waals surface area contributed by atoms with Crippen molar-refractivity contribution in [2.75, 3.05) is 0 Å². The molecule has 0 atom stereocenters. The Labute approximate surface area is 32.4 Å². The number of rotatable bonds is 0. The Morgan fingerprint density at radius 2 is 2.00 bits per heavy atom. The zero-order valence-corrected chi connectivity index (χ0v) is 3.50. The van der Waals surface area contributed by atoms with Crippen LogP contribution in [0.1, 0.15) is 0 Å². The molecule has 0 amide bonds. The Morgan fingerprint density at radius 3 is 2.00 bits per heavy atom. The van der Waals surface area contributed by atoms with Crippen molar-refractivity contribution in [3.05, 3.63) is 11.3 Å². The van der Waals surface area contributed by atoms with Gasteiger partial charge in [0.15, 0.2) is 0 Å². The molecule has 0 heterocycles. The van der Waals surface area contributed by atoms with E-state index >= 15 is 0 Å². The molecule has 0 bridgehead atoms. The highest BCUT2D eigenvalue weighted by atomic mass is 79.9. The molecule has 0 radical (unpaired) electrons. The van der Waals surface area contributed by atoms with Crippen molar-refractivity contribution >= 4 is 15.9 Å². The Kier molecular flexibility index (Phi) is 3.27. The maximum atomic E-state index is 10.5. The van der Waals surface area contributed by atoms with E-state index in [2.05, 4.69) is 15.9 Å². The molecular formula is C2H2BrF. The van der Waals surface area contributed by atoms with Crippen LogP contribution in [0.15, 0.2) is 11.3 Å². The van der Waals surface area contributed by atoms with Crippen molar-refractivity contribution < 1.29 is 4.39 Å². The van der Waals surface area contributed by atoms with Gasteiger partial charge in [0, 0.05) is 4.99 Å². The summed E-state index contributed by atoms with van der Waals surface area (Å²) in [6.07, 6.45) is 0.417. The van der Waals surface area contributed by atoms with E-state index in [4.69, 9.17) is 0 Å². The van der Waals surface area contributed by atoms with E-state index in [1.54, 1.807) is 0 Å². The molecule has 0 fully saturated rings. The molecule has 0 aromatic rings. The third kappa shape index (κ3) is 2.15. The molecule has 0 rings (SSSR count). The lowest BCUT2D eigenvalue weighted by Gasteiger charge is -1.43. The van der Waals surface area contributed by atoms with Gasteiger partial charge >= 0.3 is 0 Å². The van der Waals surface area contributed by atoms with Crippen LogP contribution >= 0.6 is 15.9 Å². The summed E-state index contributed by atoms with van der Waals surface area (Å²) < 4.78 is 10.5. The summed E-state index contributed by atoms with van der Waals surface area (Å²) in [5.74, 6) is 0. The average molecular weight is 125 g/mol. The standard InChI is InChI=1S/C2H2BrF/c3-1-2-4/h1-2H/b2-1+.